The molecule has 2 rings (SSSR count). The van der Waals surface area contributed by atoms with Gasteiger partial charge in [0.2, 0.25) is 0 Å². The van der Waals surface area contributed by atoms with Crippen LogP contribution in [0.5, 0.6) is 5.75 Å². The van der Waals surface area contributed by atoms with Gasteiger partial charge in [-0.1, -0.05) is 12.1 Å². The van der Waals surface area contributed by atoms with E-state index >= 15 is 0 Å². The summed E-state index contributed by atoms with van der Waals surface area (Å²) in [4.78, 5) is 29.1. The molecule has 0 saturated heterocycles. The van der Waals surface area contributed by atoms with E-state index in [1.54, 1.807) is 38.6 Å². The standard InChI is InChI=1S/C21H27N3O5/c1-6-28-20(25)19(21(26)29-7-2)15(4)22-18-12-14(3)23-24(18)13-16-8-10-17(27-5)11-9-16/h8-12,19H,6-7,13H2,1-5H3. The van der Waals surface area contributed by atoms with Gasteiger partial charge in [-0.25, -0.2) is 9.67 Å². The van der Waals surface area contributed by atoms with Crippen LogP contribution in [0.2, 0.25) is 0 Å². The Morgan fingerprint density at radius 1 is 1.10 bits per heavy atom. The fourth-order valence-electron chi connectivity index (χ4n) is 2.78. The molecule has 0 amide bonds. The van der Waals surface area contributed by atoms with Crippen LogP contribution in [0, 0.1) is 12.8 Å². The van der Waals surface area contributed by atoms with Crippen molar-refractivity contribution in [2.75, 3.05) is 20.3 Å². The minimum absolute atomic E-state index is 0.163. The molecule has 1 aromatic carbocycles. The molecule has 0 fully saturated rings. The van der Waals surface area contributed by atoms with Gasteiger partial charge in [-0.15, -0.1) is 0 Å². The van der Waals surface area contributed by atoms with Gasteiger partial charge in [0.15, 0.2) is 11.7 Å². The molecule has 8 nitrogen and oxygen atoms in total. The summed E-state index contributed by atoms with van der Waals surface area (Å²) in [5.41, 5.74) is 2.07. The van der Waals surface area contributed by atoms with E-state index in [0.717, 1.165) is 17.0 Å². The van der Waals surface area contributed by atoms with Crippen LogP contribution in [0.1, 0.15) is 32.0 Å². The van der Waals surface area contributed by atoms with Crippen LogP contribution in [0.3, 0.4) is 0 Å². The highest BCUT2D eigenvalue weighted by Gasteiger charge is 2.32. The van der Waals surface area contributed by atoms with Crippen molar-refractivity contribution in [3.63, 3.8) is 0 Å². The maximum Gasteiger partial charge on any atom is 0.326 e. The average Bonchev–Trinajstić information content (AvgIpc) is 3.01. The first-order valence-electron chi connectivity index (χ1n) is 9.45. The van der Waals surface area contributed by atoms with Crippen LogP contribution in [0.15, 0.2) is 35.3 Å². The lowest BCUT2D eigenvalue weighted by molar-refractivity contribution is -0.157. The summed E-state index contributed by atoms with van der Waals surface area (Å²) in [7, 11) is 1.62. The molecule has 0 saturated carbocycles. The number of aryl methyl sites for hydroxylation is 1. The first-order valence-corrected chi connectivity index (χ1v) is 9.45. The molecular formula is C21H27N3O5. The summed E-state index contributed by atoms with van der Waals surface area (Å²) in [6.07, 6.45) is 0. The number of benzene rings is 1. The lowest BCUT2D eigenvalue weighted by atomic mass is 10.1. The normalized spacial score (nSPS) is 11.4. The minimum atomic E-state index is -1.21. The number of ether oxygens (including phenoxy) is 3. The van der Waals surface area contributed by atoms with E-state index in [0.29, 0.717) is 12.4 Å². The summed E-state index contributed by atoms with van der Waals surface area (Å²) in [5, 5.41) is 4.47. The number of nitrogens with zero attached hydrogens (tertiary/aromatic N) is 3. The van der Waals surface area contributed by atoms with E-state index in [9.17, 15) is 9.59 Å². The Bertz CT molecular complexity index is 853. The fraction of sp³-hybridized carbons (Fsp3) is 0.429. The number of hydrogen-bond acceptors (Lipinski definition) is 7. The van der Waals surface area contributed by atoms with Gasteiger partial charge in [0.1, 0.15) is 5.75 Å². The van der Waals surface area contributed by atoms with E-state index < -0.39 is 17.9 Å². The lowest BCUT2D eigenvalue weighted by Gasteiger charge is -2.14. The van der Waals surface area contributed by atoms with E-state index in [4.69, 9.17) is 14.2 Å². The number of aromatic nitrogens is 2. The first-order chi connectivity index (χ1) is 13.9. The van der Waals surface area contributed by atoms with Gasteiger partial charge in [-0.3, -0.25) is 9.59 Å². The number of hydrogen-bond donors (Lipinski definition) is 0. The second-order valence-corrected chi connectivity index (χ2v) is 6.34. The molecule has 0 N–H and O–H groups in total. The van der Waals surface area contributed by atoms with E-state index in [2.05, 4.69) is 10.1 Å². The van der Waals surface area contributed by atoms with E-state index in [1.165, 1.54) is 0 Å². The van der Waals surface area contributed by atoms with Gasteiger partial charge in [0.25, 0.3) is 0 Å². The van der Waals surface area contributed by atoms with Crippen molar-refractivity contribution in [3.05, 3.63) is 41.6 Å². The van der Waals surface area contributed by atoms with Crippen LogP contribution in [-0.4, -0.2) is 47.8 Å². The van der Waals surface area contributed by atoms with Crippen LogP contribution < -0.4 is 4.74 Å². The van der Waals surface area contributed by atoms with Crippen molar-refractivity contribution >= 4 is 23.5 Å². The summed E-state index contributed by atoms with van der Waals surface area (Å²) in [5.74, 6) is -1.25. The van der Waals surface area contributed by atoms with E-state index in [-0.39, 0.29) is 18.9 Å². The zero-order chi connectivity index (χ0) is 21.4. The van der Waals surface area contributed by atoms with Crippen molar-refractivity contribution in [2.24, 2.45) is 10.9 Å². The number of carbonyl (C=O) groups excluding carboxylic acids is 2. The molecule has 0 atom stereocenters. The molecule has 156 valence electrons. The third kappa shape index (κ3) is 5.91. The molecule has 1 aromatic heterocycles. The Morgan fingerprint density at radius 2 is 1.69 bits per heavy atom. The Balaban J connectivity index is 2.32. The molecule has 0 aliphatic heterocycles. The minimum Gasteiger partial charge on any atom is -0.497 e. The molecule has 0 aliphatic rings. The Kier molecular flexibility index (Phi) is 7.94. The van der Waals surface area contributed by atoms with Crippen molar-refractivity contribution in [1.29, 1.82) is 0 Å². The molecule has 29 heavy (non-hydrogen) atoms. The molecule has 8 heteroatoms. The molecule has 0 aliphatic carbocycles. The van der Waals surface area contributed by atoms with Gasteiger partial charge in [0, 0.05) is 11.8 Å². The zero-order valence-electron chi connectivity index (χ0n) is 17.5. The average molecular weight is 401 g/mol. The van der Waals surface area contributed by atoms with Gasteiger partial charge < -0.3 is 14.2 Å². The highest BCUT2D eigenvalue weighted by Crippen LogP contribution is 2.20. The maximum absolute atomic E-state index is 12.3. The number of methoxy groups -OCH3 is 1. The monoisotopic (exact) mass is 401 g/mol. The molecule has 0 unspecified atom stereocenters. The Hall–Kier alpha value is -3.16. The quantitative estimate of drug-likeness (QED) is 0.364. The SMILES string of the molecule is CCOC(=O)C(C(=O)OCC)C(C)=Nc1cc(C)nn1Cc1ccc(OC)cc1. The Morgan fingerprint density at radius 3 is 2.21 bits per heavy atom. The molecule has 0 radical (unpaired) electrons. The number of carbonyl (C=O) groups is 2. The summed E-state index contributed by atoms with van der Waals surface area (Å²) >= 11 is 0. The summed E-state index contributed by atoms with van der Waals surface area (Å²) in [6, 6.07) is 9.42. The third-order valence-electron chi connectivity index (χ3n) is 4.13. The number of rotatable bonds is 9. The smallest absolute Gasteiger partial charge is 0.326 e. The first kappa shape index (κ1) is 22.1. The van der Waals surface area contributed by atoms with Gasteiger partial charge in [0.05, 0.1) is 32.6 Å². The largest absolute Gasteiger partial charge is 0.497 e. The highest BCUT2D eigenvalue weighted by atomic mass is 16.6. The fourth-order valence-corrected chi connectivity index (χ4v) is 2.78. The summed E-state index contributed by atoms with van der Waals surface area (Å²) < 4.78 is 17.0. The van der Waals surface area contributed by atoms with E-state index in [1.807, 2.05) is 31.2 Å². The Labute approximate surface area is 170 Å². The molecular weight excluding hydrogens is 374 g/mol. The lowest BCUT2D eigenvalue weighted by Crippen LogP contribution is -2.33. The van der Waals surface area contributed by atoms with Crippen LogP contribution in [-0.2, 0) is 25.6 Å². The number of aliphatic imine (C=N–C) groups is 1. The van der Waals surface area contributed by atoms with Crippen LogP contribution >= 0.6 is 0 Å². The van der Waals surface area contributed by atoms with Gasteiger partial charge in [-0.05, 0) is 45.4 Å². The number of esters is 2. The van der Waals surface area contributed by atoms with Crippen molar-refractivity contribution in [3.8, 4) is 5.75 Å². The maximum atomic E-state index is 12.3. The predicted molar refractivity (Wildman–Crippen MR) is 109 cm³/mol. The summed E-state index contributed by atoms with van der Waals surface area (Å²) in [6.45, 7) is 7.63. The van der Waals surface area contributed by atoms with Gasteiger partial charge in [-0.2, -0.15) is 5.10 Å². The third-order valence-corrected chi connectivity index (χ3v) is 4.13. The second kappa shape index (κ2) is 10.4. The van der Waals surface area contributed by atoms with Crippen molar-refractivity contribution in [1.82, 2.24) is 9.78 Å². The van der Waals surface area contributed by atoms with Crippen LogP contribution in [0.4, 0.5) is 5.82 Å². The predicted octanol–water partition coefficient (Wildman–Crippen LogP) is 3.08. The molecule has 1 heterocycles. The molecule has 0 spiro atoms. The van der Waals surface area contributed by atoms with Crippen molar-refractivity contribution in [2.45, 2.75) is 34.2 Å². The topological polar surface area (TPSA) is 92.0 Å². The second-order valence-electron chi connectivity index (χ2n) is 6.34. The van der Waals surface area contributed by atoms with Crippen LogP contribution in [0.25, 0.3) is 0 Å². The molecule has 0 bridgehead atoms. The molecule has 2 aromatic rings. The highest BCUT2D eigenvalue weighted by molar-refractivity contribution is 6.16. The zero-order valence-corrected chi connectivity index (χ0v) is 17.5. The van der Waals surface area contributed by atoms with Gasteiger partial charge >= 0.3 is 11.9 Å². The van der Waals surface area contributed by atoms with Crippen molar-refractivity contribution < 1.29 is 23.8 Å².